The van der Waals surface area contributed by atoms with Gasteiger partial charge in [-0.15, -0.1) is 0 Å². The zero-order chi connectivity index (χ0) is 39.7. The van der Waals surface area contributed by atoms with Gasteiger partial charge in [-0.1, -0.05) is 127 Å². The number of nitrogens with zero attached hydrogens (tertiary/aromatic N) is 1. The van der Waals surface area contributed by atoms with Gasteiger partial charge < -0.3 is 8.98 Å². The number of para-hydroxylation sites is 1. The van der Waals surface area contributed by atoms with Gasteiger partial charge in [-0.3, -0.25) is 0 Å². The summed E-state index contributed by atoms with van der Waals surface area (Å²) in [6.45, 7) is 2.29. The summed E-state index contributed by atoms with van der Waals surface area (Å²) in [7, 11) is 0. The lowest BCUT2D eigenvalue weighted by atomic mass is 9.86. The molecule has 0 N–H and O–H groups in total. The Balaban J connectivity index is 1.07. The third-order valence-electron chi connectivity index (χ3n) is 13.0. The number of hydrogen-bond acceptors (Lipinski definition) is 1. The van der Waals surface area contributed by atoms with Crippen LogP contribution in [0.2, 0.25) is 0 Å². The maximum atomic E-state index is 6.92. The maximum absolute atomic E-state index is 6.92. The van der Waals surface area contributed by atoms with Crippen molar-refractivity contribution in [2.45, 2.75) is 38.5 Å². The maximum Gasteiger partial charge on any atom is 0.143 e. The molecule has 0 unspecified atom stereocenters. The molecule has 12 rings (SSSR count). The van der Waals surface area contributed by atoms with Crippen LogP contribution in [0.3, 0.4) is 0 Å². The first-order valence-corrected chi connectivity index (χ1v) is 21.4. The van der Waals surface area contributed by atoms with Gasteiger partial charge in [0, 0.05) is 32.8 Å². The predicted molar refractivity (Wildman–Crippen MR) is 253 cm³/mol. The first-order valence-electron chi connectivity index (χ1n) is 21.4. The van der Waals surface area contributed by atoms with Gasteiger partial charge in [0.2, 0.25) is 0 Å². The fraction of sp³-hybridized carbons (Fsp3) is 0.103. The van der Waals surface area contributed by atoms with E-state index in [0.29, 0.717) is 5.92 Å². The summed E-state index contributed by atoms with van der Waals surface area (Å²) in [5.74, 6) is 0.600. The molecule has 1 fully saturated rings. The summed E-state index contributed by atoms with van der Waals surface area (Å²) in [5.41, 5.74) is 20.5. The molecule has 2 heterocycles. The summed E-state index contributed by atoms with van der Waals surface area (Å²) in [4.78, 5) is 0. The van der Waals surface area contributed by atoms with Gasteiger partial charge in [-0.2, -0.15) is 0 Å². The van der Waals surface area contributed by atoms with E-state index in [9.17, 15) is 0 Å². The van der Waals surface area contributed by atoms with Crippen LogP contribution in [-0.2, 0) is 0 Å². The van der Waals surface area contributed by atoms with E-state index in [1.54, 1.807) is 0 Å². The topological polar surface area (TPSA) is 18.1 Å². The molecule has 0 bridgehead atoms. The number of furan rings is 1. The van der Waals surface area contributed by atoms with Crippen molar-refractivity contribution < 1.29 is 4.42 Å². The quantitative estimate of drug-likeness (QED) is 0.158. The molecule has 0 amide bonds. The van der Waals surface area contributed by atoms with Crippen LogP contribution in [0.15, 0.2) is 193 Å². The van der Waals surface area contributed by atoms with Crippen molar-refractivity contribution in [3.8, 4) is 50.2 Å². The first kappa shape index (κ1) is 34.8. The van der Waals surface area contributed by atoms with Crippen molar-refractivity contribution in [1.29, 1.82) is 0 Å². The summed E-state index contributed by atoms with van der Waals surface area (Å²) < 4.78 is 9.33. The van der Waals surface area contributed by atoms with E-state index in [2.05, 4.69) is 200 Å². The van der Waals surface area contributed by atoms with E-state index < -0.39 is 0 Å². The lowest BCUT2D eigenvalue weighted by Crippen LogP contribution is -1.95. The van der Waals surface area contributed by atoms with Crippen molar-refractivity contribution in [2.24, 2.45) is 0 Å². The van der Waals surface area contributed by atoms with Crippen molar-refractivity contribution in [1.82, 2.24) is 4.57 Å². The highest BCUT2D eigenvalue weighted by atomic mass is 16.3. The molecule has 2 heteroatoms. The molecule has 0 radical (unpaired) electrons. The Bertz CT molecular complexity index is 3360. The van der Waals surface area contributed by atoms with Crippen LogP contribution < -0.4 is 0 Å². The monoisotopic (exact) mass is 769 g/mol. The summed E-state index contributed by atoms with van der Waals surface area (Å²) in [6, 6.07) is 62.7. The second-order valence-electron chi connectivity index (χ2n) is 16.7. The van der Waals surface area contributed by atoms with Gasteiger partial charge in [-0.25, -0.2) is 0 Å². The highest BCUT2D eigenvalue weighted by molar-refractivity contribution is 6.15. The highest BCUT2D eigenvalue weighted by Crippen LogP contribution is 2.49. The van der Waals surface area contributed by atoms with E-state index in [0.717, 1.165) is 34.8 Å². The van der Waals surface area contributed by atoms with E-state index in [-0.39, 0.29) is 0 Å². The van der Waals surface area contributed by atoms with Crippen LogP contribution in [0.1, 0.15) is 48.3 Å². The fourth-order valence-corrected chi connectivity index (χ4v) is 9.83. The van der Waals surface area contributed by atoms with Crippen LogP contribution in [0.4, 0.5) is 0 Å². The molecular weight excluding hydrogens is 727 g/mol. The Labute approximate surface area is 350 Å². The first-order chi connectivity index (χ1) is 29.7. The van der Waals surface area contributed by atoms with Crippen molar-refractivity contribution in [3.05, 3.63) is 205 Å². The largest absolute Gasteiger partial charge is 0.455 e. The molecule has 1 saturated carbocycles. The molecule has 10 aromatic rings. The second kappa shape index (κ2) is 14.0. The summed E-state index contributed by atoms with van der Waals surface area (Å²) in [6.07, 6.45) is 11.6. The summed E-state index contributed by atoms with van der Waals surface area (Å²) >= 11 is 0. The number of benzene rings is 8. The molecular formula is C58H43NO. The third kappa shape index (κ3) is 5.78. The average molecular weight is 770 g/mol. The minimum Gasteiger partial charge on any atom is -0.455 e. The lowest BCUT2D eigenvalue weighted by molar-refractivity contribution is 0.670. The van der Waals surface area contributed by atoms with Gasteiger partial charge in [0.1, 0.15) is 11.2 Å². The van der Waals surface area contributed by atoms with Crippen molar-refractivity contribution >= 4 is 49.3 Å². The molecule has 0 spiro atoms. The number of fused-ring (bicyclic) bond motifs is 6. The van der Waals surface area contributed by atoms with Crippen molar-refractivity contribution in [3.63, 3.8) is 0 Å². The second-order valence-corrected chi connectivity index (χ2v) is 16.7. The van der Waals surface area contributed by atoms with Gasteiger partial charge >= 0.3 is 0 Å². The van der Waals surface area contributed by atoms with Crippen LogP contribution in [-0.4, -0.2) is 4.57 Å². The Morgan fingerprint density at radius 1 is 0.500 bits per heavy atom. The van der Waals surface area contributed by atoms with Crippen LogP contribution in [0.5, 0.6) is 0 Å². The smallest absolute Gasteiger partial charge is 0.143 e. The van der Waals surface area contributed by atoms with Crippen LogP contribution >= 0.6 is 0 Å². The van der Waals surface area contributed by atoms with Gasteiger partial charge in [0.15, 0.2) is 0 Å². The minimum absolute atomic E-state index is 0.600. The van der Waals surface area contributed by atoms with E-state index in [1.165, 1.54) is 107 Å². The standard InChI is InChI=1S/C58H43NO/c1-37-48(49-32-42(38-14-6-2-7-15-38)24-28-47(49)40-22-23-40)36-53-52-35-45(27-31-56(52)60-58(53)57(37)41-18-10-4-11-19-41)44-26-30-55-51(34-44)50-33-43(39-16-8-3-9-17-39)25-29-54(50)59(55)46-20-12-5-13-21-46/h2,4-8,10-21,24-36,40H,3,9,22-23H2,1H3. The van der Waals surface area contributed by atoms with E-state index in [4.69, 9.17) is 4.42 Å². The molecule has 8 aromatic carbocycles. The molecule has 0 aliphatic heterocycles. The van der Waals surface area contributed by atoms with E-state index in [1.807, 2.05) is 0 Å². The molecule has 60 heavy (non-hydrogen) atoms. The number of hydrogen-bond donors (Lipinski definition) is 0. The SMILES string of the molecule is Cc1c(-c2cc(-c3ccccc3)ccc2C2CC2)cc2c(oc3ccc(-c4ccc5c(c4)c4cc(C6=CCCC=C6)ccc4n5-c4ccccc4)cc32)c1-c1ccccc1. The fourth-order valence-electron chi connectivity index (χ4n) is 9.83. The zero-order valence-electron chi connectivity index (χ0n) is 33.7. The average Bonchev–Trinajstić information content (AvgIpc) is 4.03. The highest BCUT2D eigenvalue weighted by Gasteiger charge is 2.29. The molecule has 2 nitrogen and oxygen atoms in total. The number of allylic oxidation sites excluding steroid dienone is 4. The van der Waals surface area contributed by atoms with Gasteiger partial charge in [0.25, 0.3) is 0 Å². The predicted octanol–water partition coefficient (Wildman–Crippen LogP) is 16.3. The Morgan fingerprint density at radius 3 is 1.82 bits per heavy atom. The normalized spacial score (nSPS) is 14.1. The van der Waals surface area contributed by atoms with Crippen LogP contribution in [0.25, 0.3) is 99.5 Å². The molecule has 2 aliphatic carbocycles. The van der Waals surface area contributed by atoms with Gasteiger partial charge in [0.05, 0.1) is 11.0 Å². The third-order valence-corrected chi connectivity index (χ3v) is 13.0. The van der Waals surface area contributed by atoms with E-state index >= 15 is 0 Å². The molecule has 286 valence electrons. The number of aromatic nitrogens is 1. The lowest BCUT2D eigenvalue weighted by Gasteiger charge is -2.18. The Morgan fingerprint density at radius 2 is 1.12 bits per heavy atom. The summed E-state index contributed by atoms with van der Waals surface area (Å²) in [5, 5.41) is 4.80. The zero-order valence-corrected chi connectivity index (χ0v) is 33.7. The molecule has 2 aliphatic rings. The molecule has 0 saturated heterocycles. The van der Waals surface area contributed by atoms with Crippen molar-refractivity contribution in [2.75, 3.05) is 0 Å². The van der Waals surface area contributed by atoms with Crippen LogP contribution in [0, 0.1) is 6.92 Å². The molecule has 2 aromatic heterocycles. The number of rotatable bonds is 7. The Hall–Kier alpha value is -7.16. The Kier molecular flexibility index (Phi) is 8.13. The minimum atomic E-state index is 0.600. The molecule has 0 atom stereocenters. The van der Waals surface area contributed by atoms with Gasteiger partial charge in [-0.05, 0) is 160 Å².